The molecule has 0 spiro atoms. The van der Waals surface area contributed by atoms with Crippen molar-refractivity contribution in [3.05, 3.63) is 29.8 Å². The minimum absolute atomic E-state index is 0.800. The smallest absolute Gasteiger partial charge is 0.119 e. The molecule has 3 heteroatoms. The highest BCUT2D eigenvalue weighted by atomic mass is 16.6. The van der Waals surface area contributed by atoms with Crippen LogP contribution in [0.25, 0.3) is 0 Å². The monoisotopic (exact) mass is 263 g/mol. The van der Waals surface area contributed by atoms with Gasteiger partial charge in [0.2, 0.25) is 0 Å². The molecule has 0 atom stereocenters. The lowest BCUT2D eigenvalue weighted by atomic mass is 10.1. The zero-order chi connectivity index (χ0) is 13.9. The summed E-state index contributed by atoms with van der Waals surface area (Å²) in [6.45, 7) is 4.95. The number of unbranched alkanes of at least 4 members (excludes halogenated alkanes) is 4. The number of ether oxygens (including phenoxy) is 1. The summed E-state index contributed by atoms with van der Waals surface area (Å²) in [5.41, 5.74) is 1.92. The third-order valence-electron chi connectivity index (χ3n) is 3.02. The Balaban J connectivity index is 2.30. The molecule has 0 aliphatic rings. The van der Waals surface area contributed by atoms with Crippen molar-refractivity contribution in [1.29, 1.82) is 0 Å². The first-order valence-corrected chi connectivity index (χ1v) is 7.09. The van der Waals surface area contributed by atoms with E-state index in [1.807, 2.05) is 31.2 Å². The normalized spacial score (nSPS) is 11.4. The van der Waals surface area contributed by atoms with Gasteiger partial charge in [0, 0.05) is 0 Å². The molecule has 0 radical (unpaired) electrons. The fraction of sp³-hybridized carbons (Fsp3) is 0.562. The highest BCUT2D eigenvalue weighted by Gasteiger charge is 1.99. The Morgan fingerprint density at radius 2 is 1.74 bits per heavy atom. The molecule has 0 bridgehead atoms. The zero-order valence-electron chi connectivity index (χ0n) is 12.3. The first-order chi connectivity index (χ1) is 9.27. The second-order valence-electron chi connectivity index (χ2n) is 4.65. The Morgan fingerprint density at radius 3 is 2.37 bits per heavy atom. The molecule has 0 fully saturated rings. The Labute approximate surface area is 116 Å². The van der Waals surface area contributed by atoms with E-state index in [0.29, 0.717) is 0 Å². The van der Waals surface area contributed by atoms with Gasteiger partial charge in [-0.1, -0.05) is 37.8 Å². The highest BCUT2D eigenvalue weighted by Crippen LogP contribution is 2.14. The molecule has 1 aromatic carbocycles. The van der Waals surface area contributed by atoms with Gasteiger partial charge in [-0.05, 0) is 43.2 Å². The molecule has 0 aliphatic carbocycles. The summed E-state index contributed by atoms with van der Waals surface area (Å²) in [6, 6.07) is 7.97. The van der Waals surface area contributed by atoms with Gasteiger partial charge in [-0.25, -0.2) is 0 Å². The summed E-state index contributed by atoms with van der Waals surface area (Å²) in [4.78, 5) is 4.76. The maximum absolute atomic E-state index is 5.71. The molecule has 0 N–H and O–H groups in total. The molecular formula is C16H25NO2. The van der Waals surface area contributed by atoms with Crippen molar-refractivity contribution in [2.45, 2.75) is 46.0 Å². The van der Waals surface area contributed by atoms with Crippen LogP contribution in [0.5, 0.6) is 5.75 Å². The number of oxime groups is 1. The molecule has 3 nitrogen and oxygen atoms in total. The van der Waals surface area contributed by atoms with Gasteiger partial charge in [0.1, 0.15) is 12.9 Å². The van der Waals surface area contributed by atoms with Crippen molar-refractivity contribution in [2.24, 2.45) is 5.16 Å². The Morgan fingerprint density at radius 1 is 1.05 bits per heavy atom. The molecule has 106 valence electrons. The number of benzene rings is 1. The van der Waals surface area contributed by atoms with E-state index in [2.05, 4.69) is 12.1 Å². The quantitative estimate of drug-likeness (QED) is 0.375. The topological polar surface area (TPSA) is 30.8 Å². The summed E-state index contributed by atoms with van der Waals surface area (Å²) < 4.78 is 5.71. The highest BCUT2D eigenvalue weighted by molar-refractivity contribution is 5.98. The largest absolute Gasteiger partial charge is 0.494 e. The van der Waals surface area contributed by atoms with Crippen LogP contribution in [0.1, 0.15) is 51.5 Å². The third kappa shape index (κ3) is 6.27. The van der Waals surface area contributed by atoms with Crippen molar-refractivity contribution >= 4 is 5.71 Å². The average Bonchev–Trinajstić information content (AvgIpc) is 2.43. The van der Waals surface area contributed by atoms with Crippen molar-refractivity contribution in [1.82, 2.24) is 0 Å². The standard InChI is InChI=1S/C16H25NO2/c1-4-5-6-7-8-13-19-16-11-9-15(10-12-16)14(2)17-18-3/h9-12H,4-8,13H2,1-3H3. The fourth-order valence-corrected chi connectivity index (χ4v) is 1.88. The minimum Gasteiger partial charge on any atom is -0.494 e. The van der Waals surface area contributed by atoms with E-state index in [9.17, 15) is 0 Å². The van der Waals surface area contributed by atoms with Gasteiger partial charge in [0.05, 0.1) is 12.3 Å². The van der Waals surface area contributed by atoms with Crippen LogP contribution in [0, 0.1) is 0 Å². The van der Waals surface area contributed by atoms with Gasteiger partial charge in [-0.3, -0.25) is 0 Å². The van der Waals surface area contributed by atoms with E-state index >= 15 is 0 Å². The van der Waals surface area contributed by atoms with Gasteiger partial charge in [0.15, 0.2) is 0 Å². The van der Waals surface area contributed by atoms with Crippen molar-refractivity contribution in [2.75, 3.05) is 13.7 Å². The third-order valence-corrected chi connectivity index (χ3v) is 3.02. The van der Waals surface area contributed by atoms with Crippen LogP contribution in [0.15, 0.2) is 29.4 Å². The van der Waals surface area contributed by atoms with E-state index in [4.69, 9.17) is 9.57 Å². The maximum atomic E-state index is 5.71. The van der Waals surface area contributed by atoms with Gasteiger partial charge in [-0.2, -0.15) is 0 Å². The predicted molar refractivity (Wildman–Crippen MR) is 79.9 cm³/mol. The summed E-state index contributed by atoms with van der Waals surface area (Å²) >= 11 is 0. The average molecular weight is 263 g/mol. The van der Waals surface area contributed by atoms with Crippen molar-refractivity contribution in [3.8, 4) is 5.75 Å². The van der Waals surface area contributed by atoms with Crippen LogP contribution in [0.2, 0.25) is 0 Å². The van der Waals surface area contributed by atoms with Crippen LogP contribution in [-0.4, -0.2) is 19.4 Å². The number of hydrogen-bond donors (Lipinski definition) is 0. The van der Waals surface area contributed by atoms with Crippen molar-refractivity contribution in [3.63, 3.8) is 0 Å². The molecule has 19 heavy (non-hydrogen) atoms. The van der Waals surface area contributed by atoms with E-state index in [1.165, 1.54) is 25.7 Å². The second-order valence-corrected chi connectivity index (χ2v) is 4.65. The molecule has 1 aromatic rings. The van der Waals surface area contributed by atoms with Crippen LogP contribution in [-0.2, 0) is 4.84 Å². The van der Waals surface area contributed by atoms with Crippen LogP contribution < -0.4 is 4.74 Å². The maximum Gasteiger partial charge on any atom is 0.119 e. The number of rotatable bonds is 9. The number of nitrogens with zero attached hydrogens (tertiary/aromatic N) is 1. The van der Waals surface area contributed by atoms with E-state index in [1.54, 1.807) is 7.11 Å². The molecular weight excluding hydrogens is 238 g/mol. The van der Waals surface area contributed by atoms with Gasteiger partial charge in [-0.15, -0.1) is 0 Å². The fourth-order valence-electron chi connectivity index (χ4n) is 1.88. The summed E-state index contributed by atoms with van der Waals surface area (Å²) in [5, 5.41) is 3.90. The molecule has 0 aliphatic heterocycles. The number of hydrogen-bond acceptors (Lipinski definition) is 3. The molecule has 0 heterocycles. The first-order valence-electron chi connectivity index (χ1n) is 7.09. The van der Waals surface area contributed by atoms with Crippen LogP contribution >= 0.6 is 0 Å². The van der Waals surface area contributed by atoms with E-state index in [0.717, 1.165) is 30.1 Å². The Bertz CT molecular complexity index is 371. The molecule has 0 unspecified atom stereocenters. The predicted octanol–water partition coefficient (Wildman–Crippen LogP) is 4.41. The second kappa shape index (κ2) is 9.42. The van der Waals surface area contributed by atoms with Gasteiger partial charge >= 0.3 is 0 Å². The lowest BCUT2D eigenvalue weighted by molar-refractivity contribution is 0.213. The molecule has 1 rings (SSSR count). The van der Waals surface area contributed by atoms with Crippen LogP contribution in [0.4, 0.5) is 0 Å². The van der Waals surface area contributed by atoms with E-state index < -0.39 is 0 Å². The molecule has 0 aromatic heterocycles. The van der Waals surface area contributed by atoms with Crippen molar-refractivity contribution < 1.29 is 9.57 Å². The summed E-state index contributed by atoms with van der Waals surface area (Å²) in [6.07, 6.45) is 6.31. The van der Waals surface area contributed by atoms with Gasteiger partial charge in [0.25, 0.3) is 0 Å². The van der Waals surface area contributed by atoms with E-state index in [-0.39, 0.29) is 0 Å². The molecule has 0 saturated carbocycles. The summed E-state index contributed by atoms with van der Waals surface area (Å²) in [7, 11) is 1.56. The summed E-state index contributed by atoms with van der Waals surface area (Å²) in [5.74, 6) is 0.921. The Hall–Kier alpha value is -1.51. The first kappa shape index (κ1) is 15.5. The minimum atomic E-state index is 0.800. The zero-order valence-corrected chi connectivity index (χ0v) is 12.3. The van der Waals surface area contributed by atoms with Crippen LogP contribution in [0.3, 0.4) is 0 Å². The molecule has 0 saturated heterocycles. The van der Waals surface area contributed by atoms with Gasteiger partial charge < -0.3 is 9.57 Å². The lowest BCUT2D eigenvalue weighted by Crippen LogP contribution is -1.99. The SMILES string of the molecule is CCCCCCCOc1ccc(C(C)=NOC)cc1. The molecule has 0 amide bonds. The lowest BCUT2D eigenvalue weighted by Gasteiger charge is -2.07. The Kier molecular flexibility index (Phi) is 7.71.